The summed E-state index contributed by atoms with van der Waals surface area (Å²) in [6.07, 6.45) is 5.02. The van der Waals surface area contributed by atoms with Gasteiger partial charge in [0, 0.05) is 44.7 Å². The van der Waals surface area contributed by atoms with Crippen LogP contribution >= 0.6 is 0 Å². The Morgan fingerprint density at radius 2 is 0.972 bits per heavy atom. The molecule has 2 aliphatic rings. The van der Waals surface area contributed by atoms with Gasteiger partial charge in [0.15, 0.2) is 23.3 Å². The summed E-state index contributed by atoms with van der Waals surface area (Å²) in [5, 5.41) is 0. The maximum absolute atomic E-state index is 14.7. The van der Waals surface area contributed by atoms with Crippen molar-refractivity contribution in [3.63, 3.8) is 0 Å². The number of fused-ring (bicyclic) bond motifs is 8. The van der Waals surface area contributed by atoms with Crippen molar-refractivity contribution in [2.45, 2.75) is 0 Å². The van der Waals surface area contributed by atoms with Crippen molar-refractivity contribution < 1.29 is 39.0 Å². The molecule has 0 fully saturated rings. The Balaban J connectivity index is 0.00000267. The van der Waals surface area contributed by atoms with E-state index in [0.29, 0.717) is 22.2 Å². The number of aromatic amines is 2. The number of hydrogen-bond donors (Lipinski definition) is 2. The van der Waals surface area contributed by atoms with Crippen LogP contribution in [0.2, 0.25) is 0 Å². The topological polar surface area (TPSA) is 57.4 Å². The van der Waals surface area contributed by atoms with E-state index < -0.39 is 34.6 Å². The van der Waals surface area contributed by atoms with Crippen molar-refractivity contribution >= 4 is 45.9 Å². The fourth-order valence-corrected chi connectivity index (χ4v) is 4.06. The van der Waals surface area contributed by atoms with Crippen LogP contribution in [0.4, 0.5) is 22.0 Å². The van der Waals surface area contributed by atoms with Gasteiger partial charge in [-0.2, -0.15) is 0 Å². The Labute approximate surface area is 210 Å². The molecule has 0 unspecified atom stereocenters. The van der Waals surface area contributed by atoms with E-state index >= 15 is 0 Å². The summed E-state index contributed by atoms with van der Waals surface area (Å²) < 4.78 is 70.9. The molecule has 8 bridgehead atoms. The smallest absolute Gasteiger partial charge is 0.200 e. The maximum Gasteiger partial charge on any atom is 0.200 e. The van der Waals surface area contributed by atoms with E-state index in [0.717, 1.165) is 11.2 Å². The molecule has 10 heteroatoms. The first-order chi connectivity index (χ1) is 16.9. The Hall–Kier alpha value is -4.01. The van der Waals surface area contributed by atoms with Gasteiger partial charge in [-0.3, -0.25) is 0 Å². The molecule has 0 saturated carbocycles. The van der Waals surface area contributed by atoms with Gasteiger partial charge in [-0.05, 0) is 66.8 Å². The number of aromatic nitrogens is 4. The van der Waals surface area contributed by atoms with Gasteiger partial charge >= 0.3 is 0 Å². The first kappa shape index (κ1) is 23.7. The van der Waals surface area contributed by atoms with Crippen LogP contribution in [0.15, 0.2) is 48.5 Å². The van der Waals surface area contributed by atoms with Crippen molar-refractivity contribution in [2.75, 3.05) is 0 Å². The summed E-state index contributed by atoms with van der Waals surface area (Å²) >= 11 is 0. The minimum absolute atomic E-state index is 0. The average Bonchev–Trinajstić information content (AvgIpc) is 3.62. The predicted molar refractivity (Wildman–Crippen MR) is 123 cm³/mol. The fraction of sp³-hybridized carbons (Fsp3) is 0. The van der Waals surface area contributed by atoms with Crippen LogP contribution in [-0.2, 0) is 17.1 Å². The molecule has 4 aromatic rings. The largest absolute Gasteiger partial charge is 0.355 e. The van der Waals surface area contributed by atoms with Crippen LogP contribution < -0.4 is 0 Å². The minimum atomic E-state index is -2.21. The van der Waals surface area contributed by atoms with Crippen molar-refractivity contribution in [3.05, 3.63) is 106 Å². The van der Waals surface area contributed by atoms with E-state index in [4.69, 9.17) is 0 Å². The zero-order valence-corrected chi connectivity index (χ0v) is 19.1. The monoisotopic (exact) mass is 532 g/mol. The van der Waals surface area contributed by atoms with Gasteiger partial charge in [-0.15, -0.1) is 0 Å². The number of benzene rings is 1. The molecule has 6 rings (SSSR count). The zero-order chi connectivity index (χ0) is 24.3. The molecular weight excluding hydrogens is 519 g/mol. The van der Waals surface area contributed by atoms with E-state index in [9.17, 15) is 22.0 Å². The second kappa shape index (κ2) is 8.89. The van der Waals surface area contributed by atoms with Crippen molar-refractivity contribution in [1.82, 2.24) is 19.9 Å². The normalized spacial score (nSPS) is 12.4. The van der Waals surface area contributed by atoms with Gasteiger partial charge in [0.1, 0.15) is 0 Å². The molecule has 3 aromatic heterocycles. The van der Waals surface area contributed by atoms with Crippen LogP contribution in [0, 0.1) is 29.1 Å². The van der Waals surface area contributed by atoms with E-state index in [2.05, 4.69) is 19.9 Å². The van der Waals surface area contributed by atoms with Gasteiger partial charge in [-0.25, -0.2) is 31.9 Å². The molecule has 0 atom stereocenters. The molecule has 0 radical (unpaired) electrons. The van der Waals surface area contributed by atoms with Crippen LogP contribution in [-0.4, -0.2) is 19.9 Å². The number of H-pyrrole nitrogens is 2. The summed E-state index contributed by atoms with van der Waals surface area (Å²) in [4.78, 5) is 15.2. The second-order valence-corrected chi connectivity index (χ2v) is 8.04. The van der Waals surface area contributed by atoms with E-state index in [1.807, 2.05) is 30.4 Å². The van der Waals surface area contributed by atoms with E-state index in [1.165, 1.54) is 12.1 Å². The standard InChI is InChI=1S/C26H13F5N4.Fe/c27-22-21(23(28)25(30)26(31)24(22)29)19-10-18-9-16-4-3-14(33-16)7-12-1-2-13(32-12)8-15-5-6-17(34-15)11-20(19)35-18;/h1-11,33-34H;. The minimum Gasteiger partial charge on any atom is -0.355 e. The molecule has 0 saturated heterocycles. The van der Waals surface area contributed by atoms with Crippen LogP contribution in [0.3, 0.4) is 0 Å². The Kier molecular flexibility index (Phi) is 5.86. The zero-order valence-electron chi connectivity index (χ0n) is 18.0. The maximum atomic E-state index is 14.7. The number of nitrogens with one attached hydrogen (secondary N) is 2. The molecule has 2 aliphatic heterocycles. The van der Waals surface area contributed by atoms with E-state index in [-0.39, 0.29) is 34.0 Å². The third-order valence-electron chi connectivity index (χ3n) is 5.64. The van der Waals surface area contributed by atoms with Gasteiger partial charge in [0.25, 0.3) is 0 Å². The number of halogens is 5. The number of nitrogens with zero attached hydrogens (tertiary/aromatic N) is 2. The summed E-state index contributed by atoms with van der Waals surface area (Å²) in [5.74, 6) is -10.1. The van der Waals surface area contributed by atoms with Crippen LogP contribution in [0.25, 0.3) is 45.9 Å². The van der Waals surface area contributed by atoms with Crippen molar-refractivity contribution in [1.29, 1.82) is 0 Å². The molecule has 180 valence electrons. The van der Waals surface area contributed by atoms with Gasteiger partial charge < -0.3 is 9.97 Å². The van der Waals surface area contributed by atoms with Gasteiger partial charge in [0.2, 0.25) is 5.82 Å². The number of rotatable bonds is 1. The molecule has 5 heterocycles. The predicted octanol–water partition coefficient (Wildman–Crippen LogP) is 6.77. The summed E-state index contributed by atoms with van der Waals surface area (Å²) in [6.45, 7) is 0. The molecule has 36 heavy (non-hydrogen) atoms. The number of hydrogen-bond acceptors (Lipinski definition) is 2. The molecule has 1 aromatic carbocycles. The van der Waals surface area contributed by atoms with Crippen LogP contribution in [0.5, 0.6) is 0 Å². The van der Waals surface area contributed by atoms with Crippen molar-refractivity contribution in [2.24, 2.45) is 0 Å². The SMILES string of the molecule is Fc1c(F)c(F)c(C2=Cc3cc4ccc(cc5nc(cc6ccc(cc2n3)[nH]6)C=C5)[nH]4)c(F)c1F.[Fe]. The fourth-order valence-electron chi connectivity index (χ4n) is 4.06. The average molecular weight is 532 g/mol. The Bertz CT molecular complexity index is 1740. The van der Waals surface area contributed by atoms with Crippen LogP contribution in [0.1, 0.15) is 28.3 Å². The summed E-state index contributed by atoms with van der Waals surface area (Å²) in [7, 11) is 0. The first-order valence-corrected chi connectivity index (χ1v) is 10.5. The molecular formula is C26H13F5FeN4. The van der Waals surface area contributed by atoms with Crippen molar-refractivity contribution in [3.8, 4) is 0 Å². The summed E-state index contributed by atoms with van der Waals surface area (Å²) in [5.41, 5.74) is 3.09. The molecule has 0 aliphatic carbocycles. The Morgan fingerprint density at radius 1 is 0.528 bits per heavy atom. The quantitative estimate of drug-likeness (QED) is 0.106. The Morgan fingerprint density at radius 3 is 1.50 bits per heavy atom. The molecule has 0 spiro atoms. The van der Waals surface area contributed by atoms with E-state index in [1.54, 1.807) is 24.3 Å². The third kappa shape index (κ3) is 4.04. The molecule has 2 N–H and O–H groups in total. The second-order valence-electron chi connectivity index (χ2n) is 8.04. The molecule has 0 amide bonds. The summed E-state index contributed by atoms with van der Waals surface area (Å²) in [6, 6.07) is 13.8. The molecule has 4 nitrogen and oxygen atoms in total. The van der Waals surface area contributed by atoms with Gasteiger partial charge in [0.05, 0.1) is 28.3 Å². The third-order valence-corrected chi connectivity index (χ3v) is 5.64. The first-order valence-electron chi connectivity index (χ1n) is 10.5. The van der Waals surface area contributed by atoms with Gasteiger partial charge in [-0.1, -0.05) is 0 Å².